The number of hydrogen-bond acceptors (Lipinski definition) is 8. The van der Waals surface area contributed by atoms with Crippen molar-refractivity contribution in [1.29, 1.82) is 0 Å². The van der Waals surface area contributed by atoms with Gasteiger partial charge in [-0.2, -0.15) is 0 Å². The monoisotopic (exact) mass is 573 g/mol. The normalized spacial score (nSPS) is 15.0. The van der Waals surface area contributed by atoms with Gasteiger partial charge >= 0.3 is 12.1 Å². The summed E-state index contributed by atoms with van der Waals surface area (Å²) in [6.07, 6.45) is 4.99. The van der Waals surface area contributed by atoms with Gasteiger partial charge in [0.25, 0.3) is 0 Å². The lowest BCUT2D eigenvalue weighted by atomic mass is 9.88. The first-order chi connectivity index (χ1) is 19.5. The van der Waals surface area contributed by atoms with Crippen LogP contribution in [0.3, 0.4) is 0 Å². The number of esters is 1. The van der Waals surface area contributed by atoms with Crippen molar-refractivity contribution in [2.24, 2.45) is 5.92 Å². The van der Waals surface area contributed by atoms with Gasteiger partial charge in [0, 0.05) is 38.1 Å². The Hall–Kier alpha value is -3.44. The van der Waals surface area contributed by atoms with E-state index in [0.29, 0.717) is 11.1 Å². The van der Waals surface area contributed by atoms with Crippen molar-refractivity contribution in [3.05, 3.63) is 36.0 Å². The SMILES string of the molecule is COC(=O)C(Cc1cn(C(=O)OC(C)(C)C)c2ccccc12)NC(=O)CN(CC(OC)OC)C(=O)C1CCCCC1. The van der Waals surface area contributed by atoms with Gasteiger partial charge in [-0.05, 0) is 45.2 Å². The summed E-state index contributed by atoms with van der Waals surface area (Å²) < 4.78 is 22.5. The molecule has 1 saturated carbocycles. The fraction of sp³-hybridized carbons (Fsp3) is 0.600. The van der Waals surface area contributed by atoms with Crippen LogP contribution in [0.4, 0.5) is 4.79 Å². The van der Waals surface area contributed by atoms with E-state index in [1.165, 1.54) is 30.8 Å². The number of ether oxygens (including phenoxy) is 4. The summed E-state index contributed by atoms with van der Waals surface area (Å²) in [6.45, 7) is 5.14. The highest BCUT2D eigenvalue weighted by molar-refractivity contribution is 5.93. The Balaban J connectivity index is 1.82. The van der Waals surface area contributed by atoms with Crippen LogP contribution in [-0.2, 0) is 39.8 Å². The topological polar surface area (TPSA) is 125 Å². The van der Waals surface area contributed by atoms with Crippen LogP contribution in [0.15, 0.2) is 30.5 Å². The molecule has 41 heavy (non-hydrogen) atoms. The summed E-state index contributed by atoms with van der Waals surface area (Å²) in [7, 11) is 4.18. The maximum absolute atomic E-state index is 13.4. The molecule has 3 rings (SSSR count). The molecule has 1 unspecified atom stereocenters. The van der Waals surface area contributed by atoms with Crippen molar-refractivity contribution < 1.29 is 38.1 Å². The zero-order valence-corrected chi connectivity index (χ0v) is 24.9. The lowest BCUT2D eigenvalue weighted by Crippen LogP contribution is -2.51. The molecule has 1 heterocycles. The van der Waals surface area contributed by atoms with E-state index >= 15 is 0 Å². The van der Waals surface area contributed by atoms with Gasteiger partial charge in [0.05, 0.1) is 25.7 Å². The predicted octanol–water partition coefficient (Wildman–Crippen LogP) is 3.65. The lowest BCUT2D eigenvalue weighted by Gasteiger charge is -2.31. The Bertz CT molecular complexity index is 1210. The lowest BCUT2D eigenvalue weighted by molar-refractivity contribution is -0.153. The second-order valence-electron chi connectivity index (χ2n) is 11.3. The molecule has 1 aliphatic carbocycles. The summed E-state index contributed by atoms with van der Waals surface area (Å²) in [5.41, 5.74) is 0.564. The molecule has 11 heteroatoms. The number of amides is 2. The Morgan fingerprint density at radius 1 is 1.02 bits per heavy atom. The van der Waals surface area contributed by atoms with Gasteiger partial charge in [0.15, 0.2) is 6.29 Å². The molecule has 2 aromatic rings. The van der Waals surface area contributed by atoms with Gasteiger partial charge < -0.3 is 29.2 Å². The number of carbonyl (C=O) groups is 4. The number of benzene rings is 1. The predicted molar refractivity (Wildman–Crippen MR) is 152 cm³/mol. The molecule has 1 N–H and O–H groups in total. The van der Waals surface area contributed by atoms with E-state index in [0.717, 1.165) is 37.5 Å². The maximum atomic E-state index is 13.4. The number of hydrogen-bond donors (Lipinski definition) is 1. The van der Waals surface area contributed by atoms with E-state index in [9.17, 15) is 19.2 Å². The molecule has 0 spiro atoms. The molecule has 226 valence electrons. The average molecular weight is 574 g/mol. The largest absolute Gasteiger partial charge is 0.467 e. The number of nitrogens with one attached hydrogen (secondary N) is 1. The number of carbonyl (C=O) groups excluding carboxylic acids is 4. The van der Waals surface area contributed by atoms with Crippen molar-refractivity contribution in [2.45, 2.75) is 77.2 Å². The first-order valence-corrected chi connectivity index (χ1v) is 14.0. The minimum absolute atomic E-state index is 0.0596. The quantitative estimate of drug-likeness (QED) is 0.319. The first kappa shape index (κ1) is 32.1. The molecule has 11 nitrogen and oxygen atoms in total. The average Bonchev–Trinajstić information content (AvgIpc) is 3.32. The van der Waals surface area contributed by atoms with Gasteiger partial charge in [-0.25, -0.2) is 9.59 Å². The Morgan fingerprint density at radius 3 is 2.29 bits per heavy atom. The Morgan fingerprint density at radius 2 is 1.68 bits per heavy atom. The van der Waals surface area contributed by atoms with Crippen molar-refractivity contribution in [3.8, 4) is 0 Å². The van der Waals surface area contributed by atoms with Gasteiger partial charge in [-0.3, -0.25) is 14.2 Å². The molecule has 0 saturated heterocycles. The van der Waals surface area contributed by atoms with E-state index in [2.05, 4.69) is 5.32 Å². The van der Waals surface area contributed by atoms with Crippen molar-refractivity contribution in [2.75, 3.05) is 34.4 Å². The Labute approximate surface area is 241 Å². The van der Waals surface area contributed by atoms with Gasteiger partial charge in [-0.15, -0.1) is 0 Å². The van der Waals surface area contributed by atoms with Crippen molar-refractivity contribution in [1.82, 2.24) is 14.8 Å². The third-order valence-electron chi connectivity index (χ3n) is 7.13. The summed E-state index contributed by atoms with van der Waals surface area (Å²) in [6, 6.07) is 6.19. The van der Waals surface area contributed by atoms with Gasteiger partial charge in [-0.1, -0.05) is 37.5 Å². The molecule has 1 aliphatic rings. The number of para-hydroxylation sites is 1. The molecule has 2 amide bonds. The second-order valence-corrected chi connectivity index (χ2v) is 11.3. The zero-order chi connectivity index (χ0) is 30.2. The third kappa shape index (κ3) is 8.77. The fourth-order valence-corrected chi connectivity index (χ4v) is 5.11. The number of methoxy groups -OCH3 is 3. The van der Waals surface area contributed by atoms with Gasteiger partial charge in [0.2, 0.25) is 11.8 Å². The molecule has 0 bridgehead atoms. The molecule has 1 atom stereocenters. The minimum atomic E-state index is -1.06. The molecular weight excluding hydrogens is 530 g/mol. The molecule has 0 aliphatic heterocycles. The van der Waals surface area contributed by atoms with E-state index in [1.54, 1.807) is 39.1 Å². The molecule has 1 aromatic carbocycles. The number of nitrogens with zero attached hydrogens (tertiary/aromatic N) is 2. The van der Waals surface area contributed by atoms with E-state index in [-0.39, 0.29) is 31.3 Å². The third-order valence-corrected chi connectivity index (χ3v) is 7.13. The van der Waals surface area contributed by atoms with E-state index in [4.69, 9.17) is 18.9 Å². The molecule has 0 radical (unpaired) electrons. The molecular formula is C30H43N3O8. The standard InChI is InChI=1S/C30H43N3O8/c1-30(2,3)41-29(37)33-17-21(22-14-10-11-15-24(22)33)16-23(28(36)40-6)31-25(34)18-32(19-26(38-4)39-5)27(35)20-12-8-7-9-13-20/h10-11,14-15,17,20,23,26H,7-9,12-13,16,18-19H2,1-6H3,(H,31,34). The van der Waals surface area contributed by atoms with E-state index < -0.39 is 35.9 Å². The highest BCUT2D eigenvalue weighted by Crippen LogP contribution is 2.26. The maximum Gasteiger partial charge on any atom is 0.419 e. The van der Waals surface area contributed by atoms with Crippen LogP contribution in [-0.4, -0.2) is 85.7 Å². The van der Waals surface area contributed by atoms with Crippen LogP contribution in [0.25, 0.3) is 10.9 Å². The van der Waals surface area contributed by atoms with Crippen molar-refractivity contribution in [3.63, 3.8) is 0 Å². The van der Waals surface area contributed by atoms with Crippen LogP contribution in [0.5, 0.6) is 0 Å². The minimum Gasteiger partial charge on any atom is -0.467 e. The summed E-state index contributed by atoms with van der Waals surface area (Å²) in [5.74, 6) is -1.47. The summed E-state index contributed by atoms with van der Waals surface area (Å²) in [4.78, 5) is 53.8. The van der Waals surface area contributed by atoms with Crippen LogP contribution in [0.1, 0.15) is 58.4 Å². The van der Waals surface area contributed by atoms with E-state index in [1.807, 2.05) is 12.1 Å². The summed E-state index contributed by atoms with van der Waals surface area (Å²) in [5, 5.41) is 3.48. The highest BCUT2D eigenvalue weighted by atomic mass is 16.7. The van der Waals surface area contributed by atoms with Crippen LogP contribution in [0, 0.1) is 5.92 Å². The van der Waals surface area contributed by atoms with Crippen LogP contribution >= 0.6 is 0 Å². The molecule has 1 aromatic heterocycles. The number of rotatable bonds is 11. The van der Waals surface area contributed by atoms with Crippen molar-refractivity contribution >= 4 is 34.8 Å². The smallest absolute Gasteiger partial charge is 0.419 e. The second kappa shape index (κ2) is 14.5. The van der Waals surface area contributed by atoms with Crippen LogP contribution in [0.2, 0.25) is 0 Å². The Kier molecular flexibility index (Phi) is 11.3. The summed E-state index contributed by atoms with van der Waals surface area (Å²) >= 11 is 0. The van der Waals surface area contributed by atoms with Crippen LogP contribution < -0.4 is 5.32 Å². The number of fused-ring (bicyclic) bond motifs is 1. The highest BCUT2D eigenvalue weighted by Gasteiger charge is 2.31. The van der Waals surface area contributed by atoms with Gasteiger partial charge in [0.1, 0.15) is 11.6 Å². The first-order valence-electron chi connectivity index (χ1n) is 14.0. The number of aromatic nitrogens is 1. The fourth-order valence-electron chi connectivity index (χ4n) is 5.11. The zero-order valence-electron chi connectivity index (χ0n) is 24.9. The molecule has 1 fully saturated rings.